The highest BCUT2D eigenvalue weighted by atomic mass is 19.1. The Morgan fingerprint density at radius 1 is 1.18 bits per heavy atom. The second-order valence-corrected chi connectivity index (χ2v) is 7.77. The highest BCUT2D eigenvalue weighted by molar-refractivity contribution is 5.90. The van der Waals surface area contributed by atoms with Crippen LogP contribution in [0, 0.1) is 0 Å². The maximum absolute atomic E-state index is 13.3. The minimum atomic E-state index is -0.917. The smallest absolute Gasteiger partial charge is 0.408 e. The molecule has 2 N–H and O–H groups in total. The zero-order valence-corrected chi connectivity index (χ0v) is 16.3. The van der Waals surface area contributed by atoms with Crippen LogP contribution < -0.4 is 10.6 Å². The number of hydrogen-bond acceptors (Lipinski definition) is 4. The first-order chi connectivity index (χ1) is 13.6. The van der Waals surface area contributed by atoms with E-state index < -0.39 is 17.8 Å². The summed E-state index contributed by atoms with van der Waals surface area (Å²) in [6.07, 6.45) is 3.28. The summed E-state index contributed by atoms with van der Waals surface area (Å²) in [7, 11) is 0. The van der Waals surface area contributed by atoms with Crippen LogP contribution in [0.3, 0.4) is 0 Å². The van der Waals surface area contributed by atoms with E-state index in [0.717, 1.165) is 31.4 Å². The molecule has 0 bridgehead atoms. The molecule has 1 aromatic carbocycles. The average Bonchev–Trinajstić information content (AvgIpc) is 3.13. The number of ether oxygens (including phenoxy) is 1. The Bertz CT molecular complexity index is 650. The fourth-order valence-electron chi connectivity index (χ4n) is 4.00. The average molecular weight is 391 g/mol. The zero-order chi connectivity index (χ0) is 19.8. The summed E-state index contributed by atoms with van der Waals surface area (Å²) >= 11 is 0. The van der Waals surface area contributed by atoms with Gasteiger partial charge < -0.3 is 15.4 Å². The molecule has 2 fully saturated rings. The van der Waals surface area contributed by atoms with E-state index in [4.69, 9.17) is 4.74 Å². The summed E-state index contributed by atoms with van der Waals surface area (Å²) in [6, 6.07) is 9.45. The lowest BCUT2D eigenvalue weighted by atomic mass is 9.81. The third-order valence-electron chi connectivity index (χ3n) is 5.62. The van der Waals surface area contributed by atoms with Crippen molar-refractivity contribution in [2.75, 3.05) is 26.2 Å². The van der Waals surface area contributed by atoms with E-state index in [1.807, 2.05) is 35.2 Å². The predicted octanol–water partition coefficient (Wildman–Crippen LogP) is 2.78. The lowest BCUT2D eigenvalue weighted by molar-refractivity contribution is -0.128. The lowest BCUT2D eigenvalue weighted by Gasteiger charge is -2.36. The molecular weight excluding hydrogens is 361 g/mol. The molecule has 1 heterocycles. The molecule has 154 valence electrons. The van der Waals surface area contributed by atoms with Gasteiger partial charge in [-0.1, -0.05) is 49.6 Å². The summed E-state index contributed by atoms with van der Waals surface area (Å²) in [5, 5.41) is 5.78. The first-order valence-corrected chi connectivity index (χ1v) is 10.2. The number of benzene rings is 1. The van der Waals surface area contributed by atoms with E-state index >= 15 is 0 Å². The number of rotatable bonds is 7. The summed E-state index contributed by atoms with van der Waals surface area (Å²) in [6.45, 7) is 2.41. The molecule has 7 heteroatoms. The minimum Gasteiger partial charge on any atom is -0.445 e. The van der Waals surface area contributed by atoms with Crippen LogP contribution in [0.1, 0.15) is 44.1 Å². The molecule has 2 aliphatic rings. The monoisotopic (exact) mass is 391 g/mol. The normalized spacial score (nSPS) is 21.8. The van der Waals surface area contributed by atoms with Crippen LogP contribution in [-0.4, -0.2) is 54.8 Å². The van der Waals surface area contributed by atoms with Crippen LogP contribution in [-0.2, 0) is 16.1 Å². The van der Waals surface area contributed by atoms with Crippen molar-refractivity contribution in [3.63, 3.8) is 0 Å². The van der Waals surface area contributed by atoms with Crippen molar-refractivity contribution in [3.8, 4) is 0 Å². The molecule has 3 rings (SSSR count). The van der Waals surface area contributed by atoms with Gasteiger partial charge >= 0.3 is 6.09 Å². The maximum Gasteiger partial charge on any atom is 0.408 e. The second kappa shape index (κ2) is 9.87. The summed E-state index contributed by atoms with van der Waals surface area (Å²) < 4.78 is 18.6. The highest BCUT2D eigenvalue weighted by Crippen LogP contribution is 2.28. The van der Waals surface area contributed by atoms with Crippen molar-refractivity contribution in [3.05, 3.63) is 35.9 Å². The summed E-state index contributed by atoms with van der Waals surface area (Å²) in [4.78, 5) is 27.3. The lowest BCUT2D eigenvalue weighted by Crippen LogP contribution is -2.60. The number of carbonyl (C=O) groups excluding carboxylic acids is 2. The van der Waals surface area contributed by atoms with E-state index in [9.17, 15) is 14.0 Å². The van der Waals surface area contributed by atoms with E-state index in [2.05, 4.69) is 10.6 Å². The number of nitrogens with one attached hydrogen (secondary N) is 2. The SMILES string of the molecule is O=C(NC1(C(=O)NCCN2CC[C@@H](F)C2)CCCCC1)OCc1ccccc1. The molecule has 0 aromatic heterocycles. The summed E-state index contributed by atoms with van der Waals surface area (Å²) in [5.41, 5.74) is -0.0174. The number of likely N-dealkylation sites (tertiary alicyclic amines) is 1. The molecule has 1 saturated heterocycles. The Morgan fingerprint density at radius 2 is 1.93 bits per heavy atom. The molecule has 1 aromatic rings. The number of alkyl carbamates (subject to hydrolysis) is 1. The van der Waals surface area contributed by atoms with Gasteiger partial charge in [0.05, 0.1) is 0 Å². The summed E-state index contributed by atoms with van der Waals surface area (Å²) in [5.74, 6) is -0.167. The number of halogens is 1. The zero-order valence-electron chi connectivity index (χ0n) is 16.3. The van der Waals surface area contributed by atoms with E-state index in [1.54, 1.807) is 0 Å². The Kier molecular flexibility index (Phi) is 7.25. The topological polar surface area (TPSA) is 70.7 Å². The highest BCUT2D eigenvalue weighted by Gasteiger charge is 2.41. The van der Waals surface area contributed by atoms with Crippen molar-refractivity contribution < 1.29 is 18.7 Å². The van der Waals surface area contributed by atoms with Crippen LogP contribution >= 0.6 is 0 Å². The van der Waals surface area contributed by atoms with Crippen LogP contribution in [0.15, 0.2) is 30.3 Å². The van der Waals surface area contributed by atoms with Gasteiger partial charge in [0.1, 0.15) is 18.3 Å². The quantitative estimate of drug-likeness (QED) is 0.750. The number of hydrogen-bond donors (Lipinski definition) is 2. The fraction of sp³-hybridized carbons (Fsp3) is 0.619. The third-order valence-corrected chi connectivity index (χ3v) is 5.62. The van der Waals surface area contributed by atoms with Crippen LogP contribution in [0.2, 0.25) is 0 Å². The Morgan fingerprint density at radius 3 is 2.61 bits per heavy atom. The largest absolute Gasteiger partial charge is 0.445 e. The van der Waals surface area contributed by atoms with Crippen molar-refractivity contribution in [2.24, 2.45) is 0 Å². The van der Waals surface area contributed by atoms with Crippen molar-refractivity contribution >= 4 is 12.0 Å². The van der Waals surface area contributed by atoms with Gasteiger partial charge in [0, 0.05) is 26.2 Å². The first-order valence-electron chi connectivity index (χ1n) is 10.2. The number of nitrogens with zero attached hydrogens (tertiary/aromatic N) is 1. The van der Waals surface area contributed by atoms with Gasteiger partial charge in [-0.25, -0.2) is 9.18 Å². The van der Waals surface area contributed by atoms with Gasteiger partial charge in [-0.15, -0.1) is 0 Å². The molecule has 1 aliphatic heterocycles. The molecule has 1 atom stereocenters. The second-order valence-electron chi connectivity index (χ2n) is 7.77. The van der Waals surface area contributed by atoms with Crippen molar-refractivity contribution in [2.45, 2.75) is 56.8 Å². The van der Waals surface area contributed by atoms with Crippen molar-refractivity contribution in [1.82, 2.24) is 15.5 Å². The molecule has 0 unspecified atom stereocenters. The number of amides is 2. The molecule has 0 radical (unpaired) electrons. The Labute approximate surface area is 165 Å². The van der Waals surface area contributed by atoms with Gasteiger partial charge in [-0.05, 0) is 24.8 Å². The molecule has 28 heavy (non-hydrogen) atoms. The number of carbonyl (C=O) groups is 2. The van der Waals surface area contributed by atoms with Crippen LogP contribution in [0.5, 0.6) is 0 Å². The third kappa shape index (κ3) is 5.67. The van der Waals surface area contributed by atoms with Gasteiger partial charge in [0.15, 0.2) is 0 Å². The Balaban J connectivity index is 1.50. The van der Waals surface area contributed by atoms with Gasteiger partial charge in [-0.3, -0.25) is 9.69 Å². The van der Waals surface area contributed by atoms with Gasteiger partial charge in [0.2, 0.25) is 5.91 Å². The van der Waals surface area contributed by atoms with Gasteiger partial charge in [-0.2, -0.15) is 0 Å². The van der Waals surface area contributed by atoms with E-state index in [0.29, 0.717) is 38.9 Å². The maximum atomic E-state index is 13.3. The van der Waals surface area contributed by atoms with Crippen molar-refractivity contribution in [1.29, 1.82) is 0 Å². The van der Waals surface area contributed by atoms with E-state index in [-0.39, 0.29) is 12.5 Å². The van der Waals surface area contributed by atoms with Gasteiger partial charge in [0.25, 0.3) is 0 Å². The molecule has 1 aliphatic carbocycles. The van der Waals surface area contributed by atoms with Crippen LogP contribution in [0.25, 0.3) is 0 Å². The predicted molar refractivity (Wildman–Crippen MR) is 105 cm³/mol. The molecule has 2 amide bonds. The molecule has 0 spiro atoms. The Hall–Kier alpha value is -2.15. The fourth-order valence-corrected chi connectivity index (χ4v) is 4.00. The number of alkyl halides is 1. The van der Waals surface area contributed by atoms with E-state index in [1.165, 1.54) is 0 Å². The minimum absolute atomic E-state index is 0.167. The first kappa shape index (κ1) is 20.6. The molecule has 6 nitrogen and oxygen atoms in total. The molecule has 1 saturated carbocycles. The molecular formula is C21H30FN3O3. The van der Waals surface area contributed by atoms with Crippen LogP contribution in [0.4, 0.5) is 9.18 Å². The standard InChI is InChI=1S/C21H30FN3O3/c22-18-9-13-25(15-18)14-12-23-19(26)21(10-5-2-6-11-21)24-20(27)28-16-17-7-3-1-4-8-17/h1,3-4,7-8,18H,2,5-6,9-16H2,(H,23,26)(H,24,27)/t18-/m1/s1.